The highest BCUT2D eigenvalue weighted by atomic mass is 14.9. The lowest BCUT2D eigenvalue weighted by atomic mass is 9.80. The lowest BCUT2D eigenvalue weighted by molar-refractivity contribution is 0.311. The van der Waals surface area contributed by atoms with Crippen molar-refractivity contribution in [3.8, 4) is 0 Å². The summed E-state index contributed by atoms with van der Waals surface area (Å²) in [5.41, 5.74) is 3.76. The first-order chi connectivity index (χ1) is 10.2. The molecule has 0 amide bonds. The molecule has 0 unspecified atom stereocenters. The molecule has 0 aliphatic heterocycles. The summed E-state index contributed by atoms with van der Waals surface area (Å²) in [7, 11) is 2.01. The molecule has 0 radical (unpaired) electrons. The Hall–Kier alpha value is -0.960. The van der Waals surface area contributed by atoms with E-state index < -0.39 is 0 Å². The normalized spacial score (nSPS) is 22.5. The Morgan fingerprint density at radius 1 is 1.05 bits per heavy atom. The number of rotatable bonds is 6. The van der Waals surface area contributed by atoms with Crippen molar-refractivity contribution in [1.29, 1.82) is 0 Å². The van der Waals surface area contributed by atoms with Gasteiger partial charge < -0.3 is 5.32 Å². The van der Waals surface area contributed by atoms with Crippen LogP contribution in [0.4, 0.5) is 0 Å². The third kappa shape index (κ3) is 4.26. The second-order valence-corrected chi connectivity index (χ2v) is 6.56. The third-order valence-electron chi connectivity index (χ3n) is 5.08. The zero-order chi connectivity index (χ0) is 15.2. The topological polar surface area (TPSA) is 37.8 Å². The Morgan fingerprint density at radius 3 is 2.19 bits per heavy atom. The van der Waals surface area contributed by atoms with Gasteiger partial charge in [-0.05, 0) is 77.4 Å². The zero-order valence-corrected chi connectivity index (χ0v) is 14.2. The van der Waals surface area contributed by atoms with Crippen molar-refractivity contribution in [3.05, 3.63) is 22.8 Å². The summed E-state index contributed by atoms with van der Waals surface area (Å²) in [5, 5.41) is 3.21. The Bertz CT molecular complexity index is 425. The second kappa shape index (κ2) is 7.88. The maximum Gasteiger partial charge on any atom is 0.131 e. The smallest absolute Gasteiger partial charge is 0.131 e. The summed E-state index contributed by atoms with van der Waals surface area (Å²) in [5.74, 6) is 2.64. The van der Waals surface area contributed by atoms with Crippen molar-refractivity contribution in [2.75, 3.05) is 13.6 Å². The van der Waals surface area contributed by atoms with E-state index in [0.717, 1.165) is 31.1 Å². The van der Waals surface area contributed by atoms with Gasteiger partial charge in [0.05, 0.1) is 0 Å². The first kappa shape index (κ1) is 16.4. The molecule has 1 aromatic heterocycles. The van der Waals surface area contributed by atoms with E-state index in [1.807, 2.05) is 7.05 Å². The van der Waals surface area contributed by atoms with E-state index in [1.165, 1.54) is 49.1 Å². The molecule has 1 heterocycles. The molecule has 0 saturated heterocycles. The van der Waals surface area contributed by atoms with Crippen LogP contribution in [-0.4, -0.2) is 23.6 Å². The molecule has 0 aromatic carbocycles. The van der Waals surface area contributed by atoms with Crippen molar-refractivity contribution in [1.82, 2.24) is 15.3 Å². The fourth-order valence-corrected chi connectivity index (χ4v) is 3.58. The first-order valence-electron chi connectivity index (χ1n) is 8.64. The van der Waals surface area contributed by atoms with Crippen LogP contribution >= 0.6 is 0 Å². The molecule has 1 fully saturated rings. The van der Waals surface area contributed by atoms with Crippen LogP contribution in [0.3, 0.4) is 0 Å². The van der Waals surface area contributed by atoms with E-state index in [4.69, 9.17) is 9.97 Å². The predicted molar refractivity (Wildman–Crippen MR) is 88.7 cm³/mol. The summed E-state index contributed by atoms with van der Waals surface area (Å²) < 4.78 is 0. The molecule has 118 valence electrons. The van der Waals surface area contributed by atoms with Gasteiger partial charge in [0, 0.05) is 17.3 Å². The van der Waals surface area contributed by atoms with E-state index in [-0.39, 0.29) is 0 Å². The minimum Gasteiger partial charge on any atom is -0.320 e. The minimum atomic E-state index is 0.594. The maximum atomic E-state index is 4.86. The summed E-state index contributed by atoms with van der Waals surface area (Å²) in [6.45, 7) is 7.69. The molecule has 1 N–H and O–H groups in total. The van der Waals surface area contributed by atoms with Gasteiger partial charge in [0.15, 0.2) is 0 Å². The van der Waals surface area contributed by atoms with Crippen molar-refractivity contribution >= 4 is 0 Å². The van der Waals surface area contributed by atoms with Gasteiger partial charge in [0.25, 0.3) is 0 Å². The molecule has 1 saturated carbocycles. The third-order valence-corrected chi connectivity index (χ3v) is 5.08. The number of aromatic nitrogens is 2. The van der Waals surface area contributed by atoms with Crippen LogP contribution in [0, 0.1) is 19.8 Å². The molecule has 1 aromatic rings. The Morgan fingerprint density at radius 2 is 1.67 bits per heavy atom. The SMILES string of the molecule is CCC1CCC(c2nc(C)c(CCCNC)c(C)n2)CC1. The highest BCUT2D eigenvalue weighted by Crippen LogP contribution is 2.35. The van der Waals surface area contributed by atoms with Gasteiger partial charge in [0.2, 0.25) is 0 Å². The van der Waals surface area contributed by atoms with Crippen LogP contribution in [0.5, 0.6) is 0 Å². The lowest BCUT2D eigenvalue weighted by Crippen LogP contribution is -2.17. The van der Waals surface area contributed by atoms with E-state index in [2.05, 4.69) is 26.1 Å². The molecule has 2 rings (SSSR count). The number of hydrogen-bond acceptors (Lipinski definition) is 3. The van der Waals surface area contributed by atoms with Crippen molar-refractivity contribution in [3.63, 3.8) is 0 Å². The van der Waals surface area contributed by atoms with Gasteiger partial charge in [-0.15, -0.1) is 0 Å². The zero-order valence-electron chi connectivity index (χ0n) is 14.2. The van der Waals surface area contributed by atoms with E-state index >= 15 is 0 Å². The summed E-state index contributed by atoms with van der Waals surface area (Å²) in [6, 6.07) is 0. The summed E-state index contributed by atoms with van der Waals surface area (Å²) >= 11 is 0. The van der Waals surface area contributed by atoms with Crippen LogP contribution in [-0.2, 0) is 6.42 Å². The number of hydrogen-bond donors (Lipinski definition) is 1. The maximum absolute atomic E-state index is 4.86. The van der Waals surface area contributed by atoms with Crippen molar-refractivity contribution in [2.45, 2.75) is 71.6 Å². The van der Waals surface area contributed by atoms with Crippen LogP contribution < -0.4 is 5.32 Å². The van der Waals surface area contributed by atoms with E-state index in [0.29, 0.717) is 5.92 Å². The number of nitrogens with zero attached hydrogens (tertiary/aromatic N) is 2. The van der Waals surface area contributed by atoms with E-state index in [1.54, 1.807) is 0 Å². The monoisotopic (exact) mass is 289 g/mol. The molecule has 0 bridgehead atoms. The number of nitrogens with one attached hydrogen (secondary N) is 1. The van der Waals surface area contributed by atoms with Gasteiger partial charge in [0.1, 0.15) is 5.82 Å². The molecule has 0 spiro atoms. The van der Waals surface area contributed by atoms with Crippen LogP contribution in [0.2, 0.25) is 0 Å². The molecule has 0 atom stereocenters. The lowest BCUT2D eigenvalue weighted by Gasteiger charge is -2.27. The minimum absolute atomic E-state index is 0.594. The summed E-state index contributed by atoms with van der Waals surface area (Å²) in [6.07, 6.45) is 8.83. The van der Waals surface area contributed by atoms with Gasteiger partial charge in [-0.25, -0.2) is 9.97 Å². The molecule has 21 heavy (non-hydrogen) atoms. The molecule has 3 nitrogen and oxygen atoms in total. The Labute approximate surface area is 130 Å². The van der Waals surface area contributed by atoms with Crippen LogP contribution in [0.15, 0.2) is 0 Å². The Kier molecular flexibility index (Phi) is 6.16. The highest BCUT2D eigenvalue weighted by Gasteiger charge is 2.24. The predicted octanol–water partition coefficient (Wildman–Crippen LogP) is 3.93. The average molecular weight is 289 g/mol. The fraction of sp³-hybridized carbons (Fsp3) is 0.778. The molecule has 1 aliphatic rings. The average Bonchev–Trinajstić information content (AvgIpc) is 2.50. The van der Waals surface area contributed by atoms with Gasteiger partial charge in [-0.1, -0.05) is 13.3 Å². The molecular weight excluding hydrogens is 258 g/mol. The first-order valence-corrected chi connectivity index (χ1v) is 8.64. The fourth-order valence-electron chi connectivity index (χ4n) is 3.58. The summed E-state index contributed by atoms with van der Waals surface area (Å²) in [4.78, 5) is 9.71. The molecular formula is C18H31N3. The number of aryl methyl sites for hydroxylation is 2. The van der Waals surface area contributed by atoms with Crippen molar-refractivity contribution in [2.24, 2.45) is 5.92 Å². The quantitative estimate of drug-likeness (QED) is 0.806. The van der Waals surface area contributed by atoms with Crippen molar-refractivity contribution < 1.29 is 0 Å². The molecule has 3 heteroatoms. The highest BCUT2D eigenvalue weighted by molar-refractivity contribution is 5.25. The largest absolute Gasteiger partial charge is 0.320 e. The van der Waals surface area contributed by atoms with Gasteiger partial charge in [-0.2, -0.15) is 0 Å². The van der Waals surface area contributed by atoms with Gasteiger partial charge >= 0.3 is 0 Å². The standard InChI is InChI=1S/C18H31N3/c1-5-15-8-10-16(11-9-15)18-20-13(2)17(14(3)21-18)7-6-12-19-4/h15-16,19H,5-12H2,1-4H3. The van der Waals surface area contributed by atoms with Crippen LogP contribution in [0.1, 0.15) is 74.1 Å². The second-order valence-electron chi connectivity index (χ2n) is 6.56. The van der Waals surface area contributed by atoms with Gasteiger partial charge in [-0.3, -0.25) is 0 Å². The van der Waals surface area contributed by atoms with Crippen LogP contribution in [0.25, 0.3) is 0 Å². The van der Waals surface area contributed by atoms with E-state index in [9.17, 15) is 0 Å². The Balaban J connectivity index is 2.05. The molecule has 1 aliphatic carbocycles.